The number of carbonyl (C=O) groups excluding carboxylic acids is 2. The molecule has 4 aromatic rings. The number of aromatic nitrogens is 2. The Morgan fingerprint density at radius 3 is 2.34 bits per heavy atom. The maximum Gasteiger partial charge on any atom is 0.573 e. The van der Waals surface area contributed by atoms with E-state index in [1.54, 1.807) is 18.2 Å². The van der Waals surface area contributed by atoms with Gasteiger partial charge in [0, 0.05) is 30.6 Å². The van der Waals surface area contributed by atoms with Crippen molar-refractivity contribution < 1.29 is 27.5 Å². The summed E-state index contributed by atoms with van der Waals surface area (Å²) in [7, 11) is 0. The second-order valence-electron chi connectivity index (χ2n) is 10.2. The molecule has 1 aromatic heterocycles. The van der Waals surface area contributed by atoms with Crippen LogP contribution >= 0.6 is 0 Å². The Bertz CT molecular complexity index is 1500. The van der Waals surface area contributed by atoms with Crippen LogP contribution in [0.3, 0.4) is 0 Å². The lowest BCUT2D eigenvalue weighted by Gasteiger charge is -2.32. The average Bonchev–Trinajstić information content (AvgIpc) is 2.98. The number of unbranched alkanes of at least 4 members (excludes halogenated alkanes) is 2. The Morgan fingerprint density at radius 2 is 1.66 bits per heavy atom. The van der Waals surface area contributed by atoms with E-state index < -0.39 is 6.36 Å². The molecule has 5 rings (SSSR count). The van der Waals surface area contributed by atoms with Crippen molar-refractivity contribution in [1.82, 2.24) is 14.9 Å². The van der Waals surface area contributed by atoms with E-state index in [9.17, 15) is 22.8 Å². The molecule has 3 aromatic carbocycles. The number of hydrogen-bond acceptors (Lipinski definition) is 5. The van der Waals surface area contributed by atoms with E-state index in [2.05, 4.69) is 16.9 Å². The number of hydrogen-bond donors (Lipinski definition) is 0. The monoisotopic (exact) mass is 561 g/mol. The average molecular weight is 562 g/mol. The normalized spacial score (nSPS) is 14.3. The van der Waals surface area contributed by atoms with E-state index in [-0.39, 0.29) is 11.7 Å². The molecule has 6 nitrogen and oxygen atoms in total. The van der Waals surface area contributed by atoms with Gasteiger partial charge in [0.15, 0.2) is 0 Å². The van der Waals surface area contributed by atoms with Gasteiger partial charge in [-0.3, -0.25) is 4.79 Å². The van der Waals surface area contributed by atoms with Crippen LogP contribution in [0.25, 0.3) is 22.3 Å². The van der Waals surface area contributed by atoms with Crippen LogP contribution in [-0.4, -0.2) is 46.5 Å². The van der Waals surface area contributed by atoms with Gasteiger partial charge in [0.1, 0.15) is 12.0 Å². The van der Waals surface area contributed by atoms with Crippen LogP contribution in [0.1, 0.15) is 59.6 Å². The zero-order valence-corrected chi connectivity index (χ0v) is 22.4. The molecule has 0 aliphatic carbocycles. The molecule has 1 fully saturated rings. The fourth-order valence-electron chi connectivity index (χ4n) is 5.29. The predicted molar refractivity (Wildman–Crippen MR) is 150 cm³/mol. The van der Waals surface area contributed by atoms with Crippen molar-refractivity contribution in [3.8, 4) is 17.0 Å². The number of nitrogens with zero attached hydrogens (tertiary/aromatic N) is 3. The fraction of sp³-hybridized carbons (Fsp3) is 0.312. The summed E-state index contributed by atoms with van der Waals surface area (Å²) >= 11 is 0. The first kappa shape index (κ1) is 28.3. The third-order valence-electron chi connectivity index (χ3n) is 7.38. The van der Waals surface area contributed by atoms with Gasteiger partial charge in [-0.15, -0.1) is 13.2 Å². The van der Waals surface area contributed by atoms with Gasteiger partial charge in [0.2, 0.25) is 0 Å². The lowest BCUT2D eigenvalue weighted by Crippen LogP contribution is -2.37. The minimum absolute atomic E-state index is 0.0444. The van der Waals surface area contributed by atoms with Gasteiger partial charge in [-0.05, 0) is 86.1 Å². The minimum atomic E-state index is -4.78. The molecule has 41 heavy (non-hydrogen) atoms. The lowest BCUT2D eigenvalue weighted by atomic mass is 9.89. The third-order valence-corrected chi connectivity index (χ3v) is 7.38. The quantitative estimate of drug-likeness (QED) is 0.161. The highest BCUT2D eigenvalue weighted by molar-refractivity contribution is 5.97. The van der Waals surface area contributed by atoms with E-state index in [1.807, 2.05) is 23.1 Å². The number of halogens is 3. The fourth-order valence-corrected chi connectivity index (χ4v) is 5.29. The van der Waals surface area contributed by atoms with E-state index in [1.165, 1.54) is 29.8 Å². The van der Waals surface area contributed by atoms with Crippen LogP contribution in [0.4, 0.5) is 13.2 Å². The highest BCUT2D eigenvalue weighted by Gasteiger charge is 2.31. The second-order valence-corrected chi connectivity index (χ2v) is 10.2. The molecule has 0 saturated carbocycles. The second kappa shape index (κ2) is 12.5. The standard InChI is InChI=1S/C32H30F3N3O3/c33-32(34,35)41-26-13-10-24(11-14-26)30-28(9-5-2-6-20-39)36-29-21-25(12-15-27(29)37-30)31(40)38-18-16-23(17-19-38)22-7-3-1-4-8-22/h1,3-4,7-8,10-15,20-21,23H,2,5-6,9,16-19H2. The van der Waals surface area contributed by atoms with Crippen molar-refractivity contribution in [3.63, 3.8) is 0 Å². The number of rotatable bonds is 9. The first-order valence-corrected chi connectivity index (χ1v) is 13.8. The SMILES string of the molecule is O=CCCCCc1nc2cc(C(=O)N3CCC(c4ccccc4)CC3)ccc2nc1-c1ccc(OC(F)(F)F)cc1. The van der Waals surface area contributed by atoms with Crippen LogP contribution in [0.5, 0.6) is 5.75 Å². The van der Waals surface area contributed by atoms with Crippen LogP contribution in [0.15, 0.2) is 72.8 Å². The molecule has 0 unspecified atom stereocenters. The first-order valence-electron chi connectivity index (χ1n) is 13.8. The third kappa shape index (κ3) is 7.09. The molecule has 0 spiro atoms. The zero-order valence-electron chi connectivity index (χ0n) is 22.4. The minimum Gasteiger partial charge on any atom is -0.406 e. The summed E-state index contributed by atoms with van der Waals surface area (Å²) in [6, 6.07) is 21.2. The van der Waals surface area contributed by atoms with Crippen LogP contribution in [0, 0.1) is 0 Å². The summed E-state index contributed by atoms with van der Waals surface area (Å²) in [5, 5.41) is 0. The van der Waals surface area contributed by atoms with Gasteiger partial charge < -0.3 is 14.4 Å². The Labute approximate surface area is 236 Å². The smallest absolute Gasteiger partial charge is 0.406 e. The summed E-state index contributed by atoms with van der Waals surface area (Å²) in [6.45, 7) is 1.36. The summed E-state index contributed by atoms with van der Waals surface area (Å²) in [6.07, 6.45) is 0.231. The molecule has 0 bridgehead atoms. The van der Waals surface area contributed by atoms with Crippen molar-refractivity contribution in [2.24, 2.45) is 0 Å². The van der Waals surface area contributed by atoms with Gasteiger partial charge in [0.25, 0.3) is 5.91 Å². The number of alkyl halides is 3. The largest absolute Gasteiger partial charge is 0.573 e. The molecule has 9 heteroatoms. The molecule has 0 radical (unpaired) electrons. The van der Waals surface area contributed by atoms with Gasteiger partial charge in [-0.1, -0.05) is 30.3 Å². The summed E-state index contributed by atoms with van der Waals surface area (Å²) in [5.41, 5.74) is 4.79. The van der Waals surface area contributed by atoms with Gasteiger partial charge >= 0.3 is 6.36 Å². The number of carbonyl (C=O) groups is 2. The lowest BCUT2D eigenvalue weighted by molar-refractivity contribution is -0.274. The molecule has 1 aliphatic heterocycles. The predicted octanol–water partition coefficient (Wildman–Crippen LogP) is 7.13. The number of piperidine rings is 1. The van der Waals surface area contributed by atoms with Gasteiger partial charge in [-0.2, -0.15) is 0 Å². The molecule has 0 atom stereocenters. The van der Waals surface area contributed by atoms with Crippen molar-refractivity contribution in [3.05, 3.63) is 89.6 Å². The summed E-state index contributed by atoms with van der Waals surface area (Å²) in [5.74, 6) is 0.0765. The van der Waals surface area contributed by atoms with Crippen LogP contribution < -0.4 is 4.74 Å². The Kier molecular flexibility index (Phi) is 8.61. The Hall–Kier alpha value is -4.27. The highest BCUT2D eigenvalue weighted by Crippen LogP contribution is 2.31. The molecule has 2 heterocycles. The Balaban J connectivity index is 1.38. The maximum absolute atomic E-state index is 13.4. The van der Waals surface area contributed by atoms with Crippen molar-refractivity contribution >= 4 is 23.2 Å². The number of ether oxygens (including phenoxy) is 1. The number of amides is 1. The van der Waals surface area contributed by atoms with Crippen molar-refractivity contribution in [2.75, 3.05) is 13.1 Å². The van der Waals surface area contributed by atoms with Gasteiger partial charge in [0.05, 0.1) is 22.4 Å². The van der Waals surface area contributed by atoms with E-state index in [0.717, 1.165) is 19.1 Å². The number of likely N-dealkylation sites (tertiary alicyclic amines) is 1. The maximum atomic E-state index is 13.4. The summed E-state index contributed by atoms with van der Waals surface area (Å²) < 4.78 is 41.8. The number of fused-ring (bicyclic) bond motifs is 1. The van der Waals surface area contributed by atoms with E-state index >= 15 is 0 Å². The molecular weight excluding hydrogens is 531 g/mol. The van der Waals surface area contributed by atoms with Crippen LogP contribution in [0.2, 0.25) is 0 Å². The van der Waals surface area contributed by atoms with E-state index in [4.69, 9.17) is 9.97 Å². The van der Waals surface area contributed by atoms with E-state index in [0.29, 0.717) is 78.2 Å². The van der Waals surface area contributed by atoms with Crippen LogP contribution in [-0.2, 0) is 11.2 Å². The highest BCUT2D eigenvalue weighted by atomic mass is 19.4. The number of benzene rings is 3. The summed E-state index contributed by atoms with van der Waals surface area (Å²) in [4.78, 5) is 35.7. The molecule has 1 amide bonds. The molecule has 1 saturated heterocycles. The molecular formula is C32H30F3N3O3. The zero-order chi connectivity index (χ0) is 28.8. The Morgan fingerprint density at radius 1 is 0.927 bits per heavy atom. The van der Waals surface area contributed by atoms with Gasteiger partial charge in [-0.25, -0.2) is 9.97 Å². The molecule has 212 valence electrons. The van der Waals surface area contributed by atoms with Crippen molar-refractivity contribution in [1.29, 1.82) is 0 Å². The first-order chi connectivity index (χ1) is 19.8. The topological polar surface area (TPSA) is 72.4 Å². The molecule has 0 N–H and O–H groups in total. The number of aldehydes is 1. The number of aryl methyl sites for hydroxylation is 1. The van der Waals surface area contributed by atoms with Crippen molar-refractivity contribution in [2.45, 2.75) is 50.8 Å². The molecule has 1 aliphatic rings.